The van der Waals surface area contributed by atoms with Gasteiger partial charge < -0.3 is 5.32 Å². The molecular weight excluding hydrogens is 342 g/mol. The standard InChI is InChI=1S/C14H8Cl2F3NO2/c1-6-2-3-8(15)10(4-6)20-14(21)7-5-9(16)11(17)12(18)13(7)22-19/h2-5H,1H3,(H,20,21). The molecule has 0 unspecified atom stereocenters. The predicted octanol–water partition coefficient (Wildman–Crippen LogP) is 5.10. The van der Waals surface area contributed by atoms with E-state index in [4.69, 9.17) is 23.2 Å². The van der Waals surface area contributed by atoms with E-state index in [2.05, 4.69) is 10.3 Å². The lowest BCUT2D eigenvalue weighted by molar-refractivity contribution is -0.0122. The van der Waals surface area contributed by atoms with E-state index in [1.165, 1.54) is 6.07 Å². The van der Waals surface area contributed by atoms with Gasteiger partial charge in [-0.15, -0.1) is 0 Å². The van der Waals surface area contributed by atoms with Gasteiger partial charge in [-0.3, -0.25) is 9.74 Å². The van der Waals surface area contributed by atoms with Gasteiger partial charge in [0, 0.05) is 4.53 Å². The van der Waals surface area contributed by atoms with Crippen LogP contribution in [0.5, 0.6) is 5.75 Å². The molecule has 8 heteroatoms. The average Bonchev–Trinajstić information content (AvgIpc) is 2.48. The predicted molar refractivity (Wildman–Crippen MR) is 77.2 cm³/mol. The van der Waals surface area contributed by atoms with E-state index in [1.54, 1.807) is 19.1 Å². The number of benzene rings is 2. The highest BCUT2D eigenvalue weighted by molar-refractivity contribution is 6.34. The molecule has 0 atom stereocenters. The monoisotopic (exact) mass is 349 g/mol. The fourth-order valence-electron chi connectivity index (χ4n) is 1.75. The van der Waals surface area contributed by atoms with Gasteiger partial charge in [0.05, 0.1) is 21.3 Å². The Morgan fingerprint density at radius 1 is 1.14 bits per heavy atom. The molecule has 2 rings (SSSR count). The maximum absolute atomic E-state index is 13.5. The highest BCUT2D eigenvalue weighted by Gasteiger charge is 2.24. The van der Waals surface area contributed by atoms with Gasteiger partial charge in [0.25, 0.3) is 5.91 Å². The Morgan fingerprint density at radius 3 is 2.45 bits per heavy atom. The van der Waals surface area contributed by atoms with Crippen LogP contribution in [0.4, 0.5) is 19.0 Å². The normalized spacial score (nSPS) is 10.5. The van der Waals surface area contributed by atoms with Crippen LogP contribution in [0.1, 0.15) is 15.9 Å². The minimum atomic E-state index is -1.70. The number of aryl methyl sites for hydroxylation is 1. The molecule has 2 aromatic rings. The Morgan fingerprint density at radius 2 is 1.82 bits per heavy atom. The summed E-state index contributed by atoms with van der Waals surface area (Å²) in [6, 6.07) is 5.56. The highest BCUT2D eigenvalue weighted by Crippen LogP contribution is 2.32. The molecule has 22 heavy (non-hydrogen) atoms. The van der Waals surface area contributed by atoms with Crippen molar-refractivity contribution < 1.29 is 23.0 Å². The van der Waals surface area contributed by atoms with Crippen LogP contribution in [0.15, 0.2) is 24.3 Å². The summed E-state index contributed by atoms with van der Waals surface area (Å²) in [5.41, 5.74) is 0.409. The third-order valence-corrected chi connectivity index (χ3v) is 3.41. The SMILES string of the molecule is Cc1ccc(Cl)c(NC(=O)c2cc(Cl)c(F)c(F)c2OF)c1. The molecule has 1 N–H and O–H groups in total. The number of carbonyl (C=O) groups excluding carboxylic acids is 1. The van der Waals surface area contributed by atoms with E-state index >= 15 is 0 Å². The van der Waals surface area contributed by atoms with Crippen LogP contribution in [0.2, 0.25) is 10.0 Å². The van der Waals surface area contributed by atoms with Gasteiger partial charge in [0.1, 0.15) is 0 Å². The first-order valence-corrected chi connectivity index (χ1v) is 6.64. The van der Waals surface area contributed by atoms with Crippen LogP contribution in [-0.4, -0.2) is 5.91 Å². The Kier molecular flexibility index (Phi) is 4.83. The minimum absolute atomic E-state index is 0.218. The van der Waals surface area contributed by atoms with E-state index in [0.29, 0.717) is 0 Å². The summed E-state index contributed by atoms with van der Waals surface area (Å²) in [5, 5.41) is 1.89. The molecule has 3 nitrogen and oxygen atoms in total. The second-order valence-electron chi connectivity index (χ2n) is 4.38. The van der Waals surface area contributed by atoms with Crippen molar-refractivity contribution in [3.63, 3.8) is 0 Å². The van der Waals surface area contributed by atoms with Crippen molar-refractivity contribution in [3.05, 3.63) is 57.1 Å². The number of hydrogen-bond acceptors (Lipinski definition) is 2. The lowest BCUT2D eigenvalue weighted by atomic mass is 10.1. The molecule has 116 valence electrons. The molecular formula is C14H8Cl2F3NO2. The Hall–Kier alpha value is -1.92. The Bertz CT molecular complexity index is 753. The molecule has 0 aromatic heterocycles. The molecule has 1 amide bonds. The van der Waals surface area contributed by atoms with E-state index in [0.717, 1.165) is 11.6 Å². The van der Waals surface area contributed by atoms with Crippen molar-refractivity contribution in [1.29, 1.82) is 0 Å². The van der Waals surface area contributed by atoms with E-state index in [1.807, 2.05) is 0 Å². The molecule has 0 saturated carbocycles. The van der Waals surface area contributed by atoms with Crippen molar-refractivity contribution in [2.75, 3.05) is 5.32 Å². The average molecular weight is 350 g/mol. The lowest BCUT2D eigenvalue weighted by Gasteiger charge is -2.11. The molecule has 0 radical (unpaired) electrons. The van der Waals surface area contributed by atoms with Crippen LogP contribution < -0.4 is 10.3 Å². The first kappa shape index (κ1) is 16.5. The van der Waals surface area contributed by atoms with E-state index in [9.17, 15) is 18.1 Å². The second kappa shape index (κ2) is 6.46. The molecule has 0 aliphatic heterocycles. The zero-order chi connectivity index (χ0) is 16.4. The van der Waals surface area contributed by atoms with Crippen LogP contribution in [0.25, 0.3) is 0 Å². The number of nitrogens with one attached hydrogen (secondary N) is 1. The van der Waals surface area contributed by atoms with Crippen LogP contribution in [-0.2, 0) is 0 Å². The third-order valence-electron chi connectivity index (χ3n) is 2.81. The zero-order valence-corrected chi connectivity index (χ0v) is 12.5. The van der Waals surface area contributed by atoms with E-state index in [-0.39, 0.29) is 10.7 Å². The van der Waals surface area contributed by atoms with Crippen molar-refractivity contribution in [1.82, 2.24) is 0 Å². The number of rotatable bonds is 3. The smallest absolute Gasteiger partial charge is 0.259 e. The molecule has 0 saturated heterocycles. The molecule has 0 aliphatic rings. The maximum atomic E-state index is 13.5. The molecule has 0 aliphatic carbocycles. The van der Waals surface area contributed by atoms with Gasteiger partial charge in [-0.2, -0.15) is 4.39 Å². The van der Waals surface area contributed by atoms with Crippen LogP contribution in [0, 0.1) is 18.6 Å². The van der Waals surface area contributed by atoms with Gasteiger partial charge in [-0.1, -0.05) is 29.3 Å². The first-order valence-electron chi connectivity index (χ1n) is 5.88. The fourth-order valence-corrected chi connectivity index (χ4v) is 2.10. The number of anilines is 1. The molecule has 0 spiro atoms. The topological polar surface area (TPSA) is 38.3 Å². The van der Waals surface area contributed by atoms with Crippen molar-refractivity contribution in [3.8, 4) is 5.75 Å². The highest BCUT2D eigenvalue weighted by atomic mass is 35.5. The number of amides is 1. The molecule has 0 bridgehead atoms. The molecule has 2 aromatic carbocycles. The Labute approximate surface area is 133 Å². The summed E-state index contributed by atoms with van der Waals surface area (Å²) in [6.45, 7) is 1.76. The van der Waals surface area contributed by atoms with Crippen LogP contribution in [0.3, 0.4) is 0 Å². The van der Waals surface area contributed by atoms with E-state index < -0.39 is 33.9 Å². The molecule has 0 fully saturated rings. The van der Waals surface area contributed by atoms with Crippen molar-refractivity contribution in [2.45, 2.75) is 6.92 Å². The van der Waals surface area contributed by atoms with Gasteiger partial charge >= 0.3 is 0 Å². The summed E-state index contributed by atoms with van der Waals surface area (Å²) in [5.74, 6) is -5.36. The second-order valence-corrected chi connectivity index (χ2v) is 5.19. The zero-order valence-electron chi connectivity index (χ0n) is 11.0. The number of carbonyl (C=O) groups is 1. The first-order chi connectivity index (χ1) is 10.3. The molecule has 0 heterocycles. The fraction of sp³-hybridized carbons (Fsp3) is 0.0714. The summed E-state index contributed by atoms with van der Waals surface area (Å²) >= 11 is 11.4. The van der Waals surface area contributed by atoms with Crippen molar-refractivity contribution >= 4 is 34.8 Å². The van der Waals surface area contributed by atoms with Gasteiger partial charge in [-0.25, -0.2) is 4.39 Å². The summed E-state index contributed by atoms with van der Waals surface area (Å²) in [6.07, 6.45) is 0. The quantitative estimate of drug-likeness (QED) is 0.783. The number of hydrogen-bond donors (Lipinski definition) is 1. The van der Waals surface area contributed by atoms with Crippen LogP contribution >= 0.6 is 23.2 Å². The third kappa shape index (κ3) is 3.13. The summed E-state index contributed by atoms with van der Waals surface area (Å²) in [7, 11) is 0. The summed E-state index contributed by atoms with van der Waals surface area (Å²) in [4.78, 5) is 15.4. The minimum Gasteiger partial charge on any atom is -0.320 e. The van der Waals surface area contributed by atoms with Gasteiger partial charge in [0.15, 0.2) is 5.82 Å². The number of halogens is 5. The largest absolute Gasteiger partial charge is 0.320 e. The Balaban J connectivity index is 2.44. The van der Waals surface area contributed by atoms with Gasteiger partial charge in [-0.05, 0) is 30.7 Å². The lowest BCUT2D eigenvalue weighted by Crippen LogP contribution is -2.14. The van der Waals surface area contributed by atoms with Gasteiger partial charge in [0.2, 0.25) is 11.6 Å². The summed E-state index contributed by atoms with van der Waals surface area (Å²) < 4.78 is 39.2. The van der Waals surface area contributed by atoms with Crippen molar-refractivity contribution in [2.24, 2.45) is 0 Å². The maximum Gasteiger partial charge on any atom is 0.259 e.